The van der Waals surface area contributed by atoms with Crippen LogP contribution >= 0.6 is 11.6 Å². The van der Waals surface area contributed by atoms with Crippen LogP contribution in [0.25, 0.3) is 0 Å². The molecule has 2 rings (SSSR count). The molecule has 1 nitrogen and oxygen atoms in total. The SMILES string of the molecule is CCCNC(c1ccc(F)c(Cl)c1)C1CCC(CC)CC1. The Bertz CT molecular complexity index is 441. The van der Waals surface area contributed by atoms with Crippen molar-refractivity contribution in [3.63, 3.8) is 0 Å². The maximum absolute atomic E-state index is 13.4. The summed E-state index contributed by atoms with van der Waals surface area (Å²) in [6.45, 7) is 5.46. The first-order valence-corrected chi connectivity index (χ1v) is 8.71. The van der Waals surface area contributed by atoms with Crippen LogP contribution in [-0.4, -0.2) is 6.54 Å². The van der Waals surface area contributed by atoms with Crippen molar-refractivity contribution in [2.75, 3.05) is 6.54 Å². The van der Waals surface area contributed by atoms with E-state index in [-0.39, 0.29) is 10.8 Å². The van der Waals surface area contributed by atoms with E-state index in [4.69, 9.17) is 11.6 Å². The van der Waals surface area contributed by atoms with E-state index in [1.54, 1.807) is 6.07 Å². The van der Waals surface area contributed by atoms with Crippen LogP contribution < -0.4 is 5.32 Å². The summed E-state index contributed by atoms with van der Waals surface area (Å²) in [4.78, 5) is 0. The lowest BCUT2D eigenvalue weighted by atomic mass is 9.76. The quantitative estimate of drug-likeness (QED) is 0.706. The Morgan fingerprint density at radius 1 is 1.24 bits per heavy atom. The predicted molar refractivity (Wildman–Crippen MR) is 88.2 cm³/mol. The van der Waals surface area contributed by atoms with Crippen molar-refractivity contribution in [3.8, 4) is 0 Å². The highest BCUT2D eigenvalue weighted by Gasteiger charge is 2.28. The highest BCUT2D eigenvalue weighted by atomic mass is 35.5. The fraction of sp³-hybridized carbons (Fsp3) is 0.667. The molecular formula is C18H27ClFN. The minimum Gasteiger partial charge on any atom is -0.310 e. The Balaban J connectivity index is 2.12. The van der Waals surface area contributed by atoms with Gasteiger partial charge in [0.05, 0.1) is 5.02 Å². The van der Waals surface area contributed by atoms with E-state index < -0.39 is 0 Å². The second kappa shape index (κ2) is 8.14. The van der Waals surface area contributed by atoms with Crippen LogP contribution in [0, 0.1) is 17.7 Å². The van der Waals surface area contributed by atoms with Crippen molar-refractivity contribution in [3.05, 3.63) is 34.6 Å². The molecule has 0 amide bonds. The fourth-order valence-electron chi connectivity index (χ4n) is 3.49. The molecule has 0 heterocycles. The van der Waals surface area contributed by atoms with Crippen LogP contribution in [0.3, 0.4) is 0 Å². The Hall–Kier alpha value is -0.600. The van der Waals surface area contributed by atoms with E-state index >= 15 is 0 Å². The van der Waals surface area contributed by atoms with Gasteiger partial charge in [0, 0.05) is 6.04 Å². The summed E-state index contributed by atoms with van der Waals surface area (Å²) in [6, 6.07) is 5.49. The van der Waals surface area contributed by atoms with Crippen LogP contribution in [0.5, 0.6) is 0 Å². The molecule has 3 heteroatoms. The highest BCUT2D eigenvalue weighted by molar-refractivity contribution is 6.30. The smallest absolute Gasteiger partial charge is 0.141 e. The average molecular weight is 312 g/mol. The highest BCUT2D eigenvalue weighted by Crippen LogP contribution is 2.38. The van der Waals surface area contributed by atoms with Gasteiger partial charge in [-0.15, -0.1) is 0 Å². The van der Waals surface area contributed by atoms with E-state index in [0.29, 0.717) is 12.0 Å². The molecule has 118 valence electrons. The minimum atomic E-state index is -0.329. The molecule has 0 bridgehead atoms. The van der Waals surface area contributed by atoms with Gasteiger partial charge in [-0.05, 0) is 55.3 Å². The fourth-order valence-corrected chi connectivity index (χ4v) is 3.68. The first-order valence-electron chi connectivity index (χ1n) is 8.34. The Kier molecular flexibility index (Phi) is 6.50. The number of benzene rings is 1. The Morgan fingerprint density at radius 3 is 2.52 bits per heavy atom. The van der Waals surface area contributed by atoms with Crippen molar-refractivity contribution in [1.82, 2.24) is 5.32 Å². The van der Waals surface area contributed by atoms with Crippen molar-refractivity contribution < 1.29 is 4.39 Å². The zero-order valence-corrected chi connectivity index (χ0v) is 13.9. The average Bonchev–Trinajstić information content (AvgIpc) is 2.51. The number of halogens is 2. The van der Waals surface area contributed by atoms with Crippen molar-refractivity contribution in [2.24, 2.45) is 11.8 Å². The molecule has 0 aliphatic heterocycles. The van der Waals surface area contributed by atoms with Crippen molar-refractivity contribution in [2.45, 2.75) is 58.4 Å². The Labute approximate surface area is 133 Å². The van der Waals surface area contributed by atoms with Crippen LogP contribution in [0.1, 0.15) is 64.0 Å². The van der Waals surface area contributed by atoms with Crippen LogP contribution in [0.2, 0.25) is 5.02 Å². The van der Waals surface area contributed by atoms with Gasteiger partial charge >= 0.3 is 0 Å². The lowest BCUT2D eigenvalue weighted by Crippen LogP contribution is -2.31. The molecule has 1 fully saturated rings. The van der Waals surface area contributed by atoms with Gasteiger partial charge in [0.1, 0.15) is 5.82 Å². The van der Waals surface area contributed by atoms with E-state index in [0.717, 1.165) is 24.4 Å². The molecule has 0 spiro atoms. The second-order valence-corrected chi connectivity index (χ2v) is 6.70. The largest absolute Gasteiger partial charge is 0.310 e. The third kappa shape index (κ3) is 4.43. The topological polar surface area (TPSA) is 12.0 Å². The molecule has 21 heavy (non-hydrogen) atoms. The van der Waals surface area contributed by atoms with Crippen molar-refractivity contribution in [1.29, 1.82) is 0 Å². The third-order valence-electron chi connectivity index (χ3n) is 4.86. The molecule has 1 aromatic rings. The molecule has 1 aromatic carbocycles. The normalized spacial score (nSPS) is 24.0. The zero-order chi connectivity index (χ0) is 15.2. The first kappa shape index (κ1) is 16.8. The first-order chi connectivity index (χ1) is 10.2. The molecule has 1 N–H and O–H groups in total. The summed E-state index contributed by atoms with van der Waals surface area (Å²) < 4.78 is 13.4. The summed E-state index contributed by atoms with van der Waals surface area (Å²) in [5, 5.41) is 3.89. The summed E-state index contributed by atoms with van der Waals surface area (Å²) in [7, 11) is 0. The number of nitrogens with one attached hydrogen (secondary N) is 1. The molecule has 1 unspecified atom stereocenters. The monoisotopic (exact) mass is 311 g/mol. The number of rotatable bonds is 6. The van der Waals surface area contributed by atoms with Crippen LogP contribution in [-0.2, 0) is 0 Å². The van der Waals surface area contributed by atoms with Crippen LogP contribution in [0.15, 0.2) is 18.2 Å². The van der Waals surface area contributed by atoms with Crippen LogP contribution in [0.4, 0.5) is 4.39 Å². The van der Waals surface area contributed by atoms with E-state index in [1.807, 2.05) is 6.07 Å². The van der Waals surface area contributed by atoms with Gasteiger partial charge in [-0.25, -0.2) is 4.39 Å². The molecule has 1 atom stereocenters. The lowest BCUT2D eigenvalue weighted by Gasteiger charge is -2.34. The zero-order valence-electron chi connectivity index (χ0n) is 13.2. The molecule has 1 saturated carbocycles. The lowest BCUT2D eigenvalue weighted by molar-refractivity contribution is 0.218. The Morgan fingerprint density at radius 2 is 1.95 bits per heavy atom. The van der Waals surface area contributed by atoms with Gasteiger partial charge in [0.25, 0.3) is 0 Å². The van der Waals surface area contributed by atoms with E-state index in [9.17, 15) is 4.39 Å². The van der Waals surface area contributed by atoms with Gasteiger partial charge < -0.3 is 5.32 Å². The summed E-state index contributed by atoms with van der Waals surface area (Å²) in [6.07, 6.45) is 7.56. The van der Waals surface area contributed by atoms with Gasteiger partial charge in [0.2, 0.25) is 0 Å². The van der Waals surface area contributed by atoms with Gasteiger partial charge in [-0.1, -0.05) is 50.8 Å². The van der Waals surface area contributed by atoms with Crippen molar-refractivity contribution >= 4 is 11.6 Å². The van der Waals surface area contributed by atoms with Gasteiger partial charge in [-0.2, -0.15) is 0 Å². The molecule has 0 saturated heterocycles. The minimum absolute atomic E-state index is 0.234. The molecule has 1 aliphatic carbocycles. The summed E-state index contributed by atoms with van der Waals surface area (Å²) in [5.74, 6) is 1.20. The standard InChI is InChI=1S/C18H27ClFN/c1-3-11-21-18(14-7-5-13(4-2)6-8-14)15-9-10-17(20)16(19)12-15/h9-10,12-14,18,21H,3-8,11H2,1-2H3. The molecule has 0 aromatic heterocycles. The molecular weight excluding hydrogens is 285 g/mol. The van der Waals surface area contributed by atoms with Gasteiger partial charge in [0.15, 0.2) is 0 Å². The number of hydrogen-bond acceptors (Lipinski definition) is 1. The third-order valence-corrected chi connectivity index (χ3v) is 5.15. The van der Waals surface area contributed by atoms with Gasteiger partial charge in [-0.3, -0.25) is 0 Å². The maximum Gasteiger partial charge on any atom is 0.141 e. The second-order valence-electron chi connectivity index (χ2n) is 6.29. The number of hydrogen-bond donors (Lipinski definition) is 1. The predicted octanol–water partition coefficient (Wildman–Crippen LogP) is 5.74. The summed E-state index contributed by atoms with van der Waals surface area (Å²) >= 11 is 5.97. The maximum atomic E-state index is 13.4. The van der Waals surface area contributed by atoms with E-state index in [1.165, 1.54) is 38.2 Å². The van der Waals surface area contributed by atoms with E-state index in [2.05, 4.69) is 19.2 Å². The molecule has 0 radical (unpaired) electrons. The summed E-state index contributed by atoms with van der Waals surface area (Å²) in [5.41, 5.74) is 1.13. The molecule has 1 aliphatic rings.